The zero-order valence-corrected chi connectivity index (χ0v) is 18.9. The van der Waals surface area contributed by atoms with Crippen LogP contribution in [-0.2, 0) is 11.2 Å². The zero-order valence-electron chi connectivity index (χ0n) is 17.3. The number of amides is 1. The Hall–Kier alpha value is -1.73. The van der Waals surface area contributed by atoms with Crippen molar-refractivity contribution >= 4 is 27.5 Å². The minimum absolute atomic E-state index is 0.0344. The maximum absolute atomic E-state index is 12.5. The minimum atomic E-state index is -0.426. The van der Waals surface area contributed by atoms with E-state index in [1.807, 2.05) is 30.3 Å². The third kappa shape index (κ3) is 4.94. The van der Waals surface area contributed by atoms with E-state index in [2.05, 4.69) is 55.3 Å². The van der Waals surface area contributed by atoms with E-state index in [9.17, 15) is 9.90 Å². The van der Waals surface area contributed by atoms with Crippen LogP contribution in [0.4, 0.5) is 5.69 Å². The summed E-state index contributed by atoms with van der Waals surface area (Å²) >= 11 is 3.40. The predicted molar refractivity (Wildman–Crippen MR) is 124 cm³/mol. The van der Waals surface area contributed by atoms with Gasteiger partial charge in [0.05, 0.1) is 12.6 Å². The van der Waals surface area contributed by atoms with Gasteiger partial charge < -0.3 is 10.4 Å². The summed E-state index contributed by atoms with van der Waals surface area (Å²) in [6, 6.07) is 18.1. The van der Waals surface area contributed by atoms with E-state index in [0.29, 0.717) is 13.1 Å². The fourth-order valence-electron chi connectivity index (χ4n) is 4.97. The Morgan fingerprint density at radius 1 is 1.10 bits per heavy atom. The summed E-state index contributed by atoms with van der Waals surface area (Å²) in [5.41, 5.74) is 2.00. The van der Waals surface area contributed by atoms with Gasteiger partial charge >= 0.3 is 0 Å². The van der Waals surface area contributed by atoms with E-state index in [4.69, 9.17) is 0 Å². The number of hydrogen-bond donors (Lipinski definition) is 2. The largest absolute Gasteiger partial charge is 0.390 e. The number of benzene rings is 2. The molecule has 0 aromatic heterocycles. The Balaban J connectivity index is 1.31. The molecule has 0 saturated carbocycles. The van der Waals surface area contributed by atoms with Crippen molar-refractivity contribution in [1.29, 1.82) is 0 Å². The van der Waals surface area contributed by atoms with Crippen LogP contribution >= 0.6 is 15.9 Å². The van der Waals surface area contributed by atoms with Crippen LogP contribution in [0.1, 0.15) is 24.8 Å². The molecule has 2 N–H and O–H groups in total. The van der Waals surface area contributed by atoms with Gasteiger partial charge in [-0.2, -0.15) is 0 Å². The summed E-state index contributed by atoms with van der Waals surface area (Å²) in [7, 11) is 0. The number of anilines is 1. The number of carbonyl (C=O) groups excluding carboxylic acids is 1. The molecule has 2 aromatic carbocycles. The van der Waals surface area contributed by atoms with Gasteiger partial charge in [0.1, 0.15) is 0 Å². The number of piperidine rings is 1. The lowest BCUT2D eigenvalue weighted by Gasteiger charge is -2.48. The normalized spacial score (nSPS) is 24.9. The number of aliphatic hydroxyl groups is 1. The fraction of sp³-hybridized carbons (Fsp3) is 0.458. The first-order valence-electron chi connectivity index (χ1n) is 10.8. The van der Waals surface area contributed by atoms with Crippen LogP contribution in [0.15, 0.2) is 59.1 Å². The van der Waals surface area contributed by atoms with Gasteiger partial charge in [-0.25, -0.2) is 0 Å². The summed E-state index contributed by atoms with van der Waals surface area (Å²) in [6.45, 7) is 3.73. The van der Waals surface area contributed by atoms with Crippen molar-refractivity contribution in [2.75, 3.05) is 38.0 Å². The second-order valence-corrected chi connectivity index (χ2v) is 9.40. The first kappa shape index (κ1) is 21.5. The predicted octanol–water partition coefficient (Wildman–Crippen LogP) is 3.53. The van der Waals surface area contributed by atoms with Crippen molar-refractivity contribution in [3.05, 3.63) is 64.6 Å². The second kappa shape index (κ2) is 9.60. The first-order chi connectivity index (χ1) is 14.5. The molecule has 6 heteroatoms. The number of rotatable bonds is 6. The van der Waals surface area contributed by atoms with Crippen molar-refractivity contribution in [3.8, 4) is 0 Å². The topological polar surface area (TPSA) is 55.8 Å². The van der Waals surface area contributed by atoms with Gasteiger partial charge in [-0.3, -0.25) is 14.6 Å². The number of likely N-dealkylation sites (tertiary alicyclic amines) is 2. The van der Waals surface area contributed by atoms with Crippen LogP contribution in [0, 0.1) is 0 Å². The van der Waals surface area contributed by atoms with Crippen LogP contribution in [-0.4, -0.2) is 65.2 Å². The average molecular weight is 472 g/mol. The van der Waals surface area contributed by atoms with Gasteiger partial charge in [-0.05, 0) is 62.1 Å². The van der Waals surface area contributed by atoms with E-state index in [-0.39, 0.29) is 11.4 Å². The molecule has 2 aliphatic heterocycles. The van der Waals surface area contributed by atoms with Crippen LogP contribution in [0.25, 0.3) is 0 Å². The highest BCUT2D eigenvalue weighted by Gasteiger charge is 2.48. The second-order valence-electron chi connectivity index (χ2n) is 8.49. The average Bonchev–Trinajstić information content (AvgIpc) is 3.15. The molecule has 2 atom stereocenters. The van der Waals surface area contributed by atoms with Gasteiger partial charge in [0.2, 0.25) is 5.91 Å². The van der Waals surface area contributed by atoms with Crippen LogP contribution in [0.2, 0.25) is 0 Å². The number of carbonyl (C=O) groups is 1. The maximum Gasteiger partial charge on any atom is 0.238 e. The Kier molecular flexibility index (Phi) is 6.88. The summed E-state index contributed by atoms with van der Waals surface area (Å²) in [5, 5.41) is 14.1. The zero-order chi connectivity index (χ0) is 21.0. The van der Waals surface area contributed by atoms with Gasteiger partial charge in [-0.1, -0.05) is 46.3 Å². The Labute approximate surface area is 187 Å². The van der Waals surface area contributed by atoms with Gasteiger partial charge in [-0.15, -0.1) is 0 Å². The summed E-state index contributed by atoms with van der Waals surface area (Å²) in [5.74, 6) is -0.0344. The van der Waals surface area contributed by atoms with Crippen molar-refractivity contribution in [2.45, 2.75) is 37.3 Å². The Morgan fingerprint density at radius 3 is 2.60 bits per heavy atom. The number of nitrogens with one attached hydrogen (secondary N) is 1. The molecule has 0 bridgehead atoms. The lowest BCUT2D eigenvalue weighted by molar-refractivity contribution is -0.120. The molecule has 2 heterocycles. The maximum atomic E-state index is 12.5. The third-order valence-corrected chi connectivity index (χ3v) is 7.12. The van der Waals surface area contributed by atoms with E-state index in [1.54, 1.807) is 0 Å². The summed E-state index contributed by atoms with van der Waals surface area (Å²) in [6.07, 6.45) is 3.67. The molecule has 2 aromatic rings. The van der Waals surface area contributed by atoms with Crippen LogP contribution < -0.4 is 5.32 Å². The fourth-order valence-corrected chi connectivity index (χ4v) is 5.23. The number of hydrogen-bond acceptors (Lipinski definition) is 4. The highest BCUT2D eigenvalue weighted by Crippen LogP contribution is 2.38. The standard InChI is InChI=1S/C24H30BrN3O2/c25-20-7-9-21(10-8-20)26-23(30)18-27-16-13-24(22(29)17-27)12-4-14-28(24)15-11-19-5-2-1-3-6-19/h1-3,5-10,22,29H,4,11-18H2,(H,26,30)/t22-,24-/m0/s1. The lowest BCUT2D eigenvalue weighted by Crippen LogP contribution is -2.62. The summed E-state index contributed by atoms with van der Waals surface area (Å²) in [4.78, 5) is 17.0. The number of β-amino-alcohol motifs (C(OH)–C–C–N with tert-alkyl or cyclic N) is 1. The highest BCUT2D eigenvalue weighted by molar-refractivity contribution is 9.10. The first-order valence-corrected chi connectivity index (χ1v) is 11.6. The minimum Gasteiger partial charge on any atom is -0.390 e. The molecule has 4 rings (SSSR count). The summed E-state index contributed by atoms with van der Waals surface area (Å²) < 4.78 is 0.985. The molecule has 0 aliphatic carbocycles. The quantitative estimate of drug-likeness (QED) is 0.676. The van der Waals surface area contributed by atoms with Crippen molar-refractivity contribution in [3.63, 3.8) is 0 Å². The smallest absolute Gasteiger partial charge is 0.238 e. The molecular formula is C24H30BrN3O2. The molecule has 2 fully saturated rings. The number of aliphatic hydroxyl groups excluding tert-OH is 1. The van der Waals surface area contributed by atoms with E-state index in [1.165, 1.54) is 5.56 Å². The molecular weight excluding hydrogens is 442 g/mol. The van der Waals surface area contributed by atoms with Crippen molar-refractivity contribution in [2.24, 2.45) is 0 Å². The van der Waals surface area contributed by atoms with Crippen molar-refractivity contribution < 1.29 is 9.90 Å². The molecule has 1 amide bonds. The third-order valence-electron chi connectivity index (χ3n) is 6.59. The van der Waals surface area contributed by atoms with Crippen molar-refractivity contribution in [1.82, 2.24) is 9.80 Å². The molecule has 0 radical (unpaired) electrons. The van der Waals surface area contributed by atoms with Gasteiger partial charge in [0.15, 0.2) is 0 Å². The molecule has 2 saturated heterocycles. The van der Waals surface area contributed by atoms with E-state index < -0.39 is 6.10 Å². The van der Waals surface area contributed by atoms with Gasteiger partial charge in [0, 0.05) is 35.3 Å². The number of halogens is 1. The molecule has 2 aliphatic rings. The lowest BCUT2D eigenvalue weighted by atomic mass is 9.82. The molecule has 160 valence electrons. The van der Waals surface area contributed by atoms with E-state index in [0.717, 1.165) is 55.5 Å². The van der Waals surface area contributed by atoms with Crippen LogP contribution in [0.3, 0.4) is 0 Å². The SMILES string of the molecule is O=C(CN1CC[C@@]2(CCCN2CCc2ccccc2)[C@@H](O)C1)Nc1ccc(Br)cc1. The molecule has 5 nitrogen and oxygen atoms in total. The van der Waals surface area contributed by atoms with Gasteiger partial charge in [0.25, 0.3) is 0 Å². The molecule has 30 heavy (non-hydrogen) atoms. The Bertz CT molecular complexity index is 845. The van der Waals surface area contributed by atoms with Crippen LogP contribution in [0.5, 0.6) is 0 Å². The monoisotopic (exact) mass is 471 g/mol. The number of nitrogens with zero attached hydrogens (tertiary/aromatic N) is 2. The molecule has 1 spiro atoms. The van der Waals surface area contributed by atoms with E-state index >= 15 is 0 Å². The highest BCUT2D eigenvalue weighted by atomic mass is 79.9. The Morgan fingerprint density at radius 2 is 1.87 bits per heavy atom. The molecule has 0 unspecified atom stereocenters.